The van der Waals surface area contributed by atoms with Crippen LogP contribution in [0.5, 0.6) is 0 Å². The fraction of sp³-hybridized carbons (Fsp3) is 0.700. The Hall–Kier alpha value is -1.99. The number of aromatic nitrogens is 4. The minimum Gasteiger partial charge on any atom is -0.479 e. The van der Waals surface area contributed by atoms with E-state index in [0.717, 1.165) is 0 Å². The highest BCUT2D eigenvalue weighted by Crippen LogP contribution is 2.32. The third-order valence-electron chi connectivity index (χ3n) is 3.46. The van der Waals surface area contributed by atoms with Gasteiger partial charge in [0.25, 0.3) is 0 Å². The van der Waals surface area contributed by atoms with Gasteiger partial charge in [-0.05, 0) is 29.7 Å². The Morgan fingerprint density at radius 3 is 2.83 bits per heavy atom. The Bertz CT molecular complexity index is 446. The number of carboxylic acid groups (broad SMARTS) is 1. The van der Waals surface area contributed by atoms with E-state index < -0.39 is 11.5 Å². The molecule has 0 saturated carbocycles. The third-order valence-corrected chi connectivity index (χ3v) is 3.46. The highest BCUT2D eigenvalue weighted by molar-refractivity contribution is 5.87. The van der Waals surface area contributed by atoms with E-state index in [1.165, 1.54) is 15.9 Å². The predicted octanol–water partition coefficient (Wildman–Crippen LogP) is -0.471. The molecule has 98 valence electrons. The van der Waals surface area contributed by atoms with Crippen molar-refractivity contribution in [1.82, 2.24) is 25.1 Å². The smallest absolute Gasteiger partial charge is 0.329 e. The Morgan fingerprint density at radius 2 is 2.28 bits per heavy atom. The summed E-state index contributed by atoms with van der Waals surface area (Å²) >= 11 is 0. The van der Waals surface area contributed by atoms with Crippen LogP contribution < -0.4 is 0 Å². The third kappa shape index (κ3) is 1.93. The normalized spacial score (nSPS) is 23.3. The standard InChI is InChI=1S/C10H15N5O3/c1-2-10(9(17)18)4-3-5-15(10)8(16)6-14-7-11-12-13-14/h7H,2-6H2,1H3,(H,17,18). The number of aliphatic carboxylic acids is 1. The first-order valence-corrected chi connectivity index (χ1v) is 5.85. The van der Waals surface area contributed by atoms with Crippen LogP contribution in [0.25, 0.3) is 0 Å². The topological polar surface area (TPSA) is 101 Å². The van der Waals surface area contributed by atoms with Crippen LogP contribution in [0.15, 0.2) is 6.33 Å². The maximum atomic E-state index is 12.1. The molecular weight excluding hydrogens is 238 g/mol. The van der Waals surface area contributed by atoms with Crippen molar-refractivity contribution in [2.45, 2.75) is 38.3 Å². The van der Waals surface area contributed by atoms with Crippen molar-refractivity contribution < 1.29 is 14.7 Å². The van der Waals surface area contributed by atoms with E-state index in [4.69, 9.17) is 0 Å². The number of likely N-dealkylation sites (tertiary alicyclic amines) is 1. The summed E-state index contributed by atoms with van der Waals surface area (Å²) in [6.45, 7) is 2.24. The zero-order chi connectivity index (χ0) is 13.2. The number of carbonyl (C=O) groups excluding carboxylic acids is 1. The molecule has 1 unspecified atom stereocenters. The number of hydrogen-bond acceptors (Lipinski definition) is 5. The van der Waals surface area contributed by atoms with Crippen molar-refractivity contribution in [2.75, 3.05) is 6.54 Å². The molecule has 1 atom stereocenters. The first-order chi connectivity index (χ1) is 8.60. The average Bonchev–Trinajstić information content (AvgIpc) is 2.96. The second-order valence-corrected chi connectivity index (χ2v) is 4.35. The van der Waals surface area contributed by atoms with E-state index in [1.807, 2.05) is 0 Å². The summed E-state index contributed by atoms with van der Waals surface area (Å²) in [7, 11) is 0. The minimum atomic E-state index is -1.06. The highest BCUT2D eigenvalue weighted by Gasteiger charge is 2.48. The van der Waals surface area contributed by atoms with Gasteiger partial charge < -0.3 is 10.0 Å². The maximum Gasteiger partial charge on any atom is 0.329 e. The van der Waals surface area contributed by atoms with E-state index >= 15 is 0 Å². The Morgan fingerprint density at radius 1 is 1.50 bits per heavy atom. The summed E-state index contributed by atoms with van der Waals surface area (Å²) in [5.41, 5.74) is -1.06. The van der Waals surface area contributed by atoms with Gasteiger partial charge in [0.15, 0.2) is 0 Å². The molecule has 8 nitrogen and oxygen atoms in total. The van der Waals surface area contributed by atoms with Crippen LogP contribution in [0, 0.1) is 0 Å². The molecule has 1 aromatic rings. The summed E-state index contributed by atoms with van der Waals surface area (Å²) in [6.07, 6.45) is 2.95. The summed E-state index contributed by atoms with van der Waals surface area (Å²) in [6, 6.07) is 0. The van der Waals surface area contributed by atoms with Gasteiger partial charge in [0.05, 0.1) is 0 Å². The Labute approximate surface area is 104 Å². The lowest BCUT2D eigenvalue weighted by Crippen LogP contribution is -2.53. The van der Waals surface area contributed by atoms with Gasteiger partial charge in [-0.25, -0.2) is 9.48 Å². The van der Waals surface area contributed by atoms with Gasteiger partial charge in [0.2, 0.25) is 5.91 Å². The Kier molecular flexibility index (Phi) is 3.26. The zero-order valence-corrected chi connectivity index (χ0v) is 10.1. The first-order valence-electron chi connectivity index (χ1n) is 5.85. The minimum absolute atomic E-state index is 0.0258. The molecule has 1 amide bonds. The molecule has 18 heavy (non-hydrogen) atoms. The summed E-state index contributed by atoms with van der Waals surface area (Å²) in [5.74, 6) is -1.20. The molecule has 0 radical (unpaired) electrons. The first kappa shape index (κ1) is 12.5. The van der Waals surface area contributed by atoms with E-state index in [2.05, 4.69) is 15.5 Å². The van der Waals surface area contributed by atoms with Crippen LogP contribution in [0.4, 0.5) is 0 Å². The largest absolute Gasteiger partial charge is 0.479 e. The van der Waals surface area contributed by atoms with Crippen LogP contribution in [-0.4, -0.2) is 54.2 Å². The number of nitrogens with zero attached hydrogens (tertiary/aromatic N) is 5. The molecule has 1 fully saturated rings. The lowest BCUT2D eigenvalue weighted by molar-refractivity contribution is -0.157. The van der Waals surface area contributed by atoms with Crippen molar-refractivity contribution in [1.29, 1.82) is 0 Å². The van der Waals surface area contributed by atoms with Gasteiger partial charge in [-0.1, -0.05) is 6.92 Å². The molecule has 8 heteroatoms. The van der Waals surface area contributed by atoms with Crippen LogP contribution in [0.3, 0.4) is 0 Å². The lowest BCUT2D eigenvalue weighted by atomic mass is 9.93. The molecule has 0 bridgehead atoms. The summed E-state index contributed by atoms with van der Waals surface area (Å²) in [4.78, 5) is 25.0. The van der Waals surface area contributed by atoms with Gasteiger partial charge in [0, 0.05) is 6.54 Å². The lowest BCUT2D eigenvalue weighted by Gasteiger charge is -2.33. The molecule has 1 N–H and O–H groups in total. The van der Waals surface area contributed by atoms with E-state index in [1.54, 1.807) is 6.92 Å². The van der Waals surface area contributed by atoms with Crippen molar-refractivity contribution in [3.05, 3.63) is 6.33 Å². The SMILES string of the molecule is CCC1(C(=O)O)CCCN1C(=O)Cn1cnnn1. The van der Waals surface area contributed by atoms with Gasteiger partial charge in [-0.3, -0.25) is 4.79 Å². The molecule has 0 spiro atoms. The number of amides is 1. The molecule has 1 aliphatic rings. The van der Waals surface area contributed by atoms with Crippen molar-refractivity contribution in [2.24, 2.45) is 0 Å². The average molecular weight is 253 g/mol. The van der Waals surface area contributed by atoms with Crippen LogP contribution in [0.2, 0.25) is 0 Å². The number of carboxylic acids is 1. The predicted molar refractivity (Wildman–Crippen MR) is 59.4 cm³/mol. The molecule has 2 heterocycles. The molecule has 1 saturated heterocycles. The number of tetrazole rings is 1. The molecule has 1 aromatic heterocycles. The molecule has 1 aliphatic heterocycles. The maximum absolute atomic E-state index is 12.1. The molecule has 0 aliphatic carbocycles. The Balaban J connectivity index is 2.16. The second kappa shape index (κ2) is 4.71. The van der Waals surface area contributed by atoms with Crippen LogP contribution in [0.1, 0.15) is 26.2 Å². The van der Waals surface area contributed by atoms with Crippen molar-refractivity contribution in [3.8, 4) is 0 Å². The van der Waals surface area contributed by atoms with Gasteiger partial charge in [0.1, 0.15) is 18.4 Å². The highest BCUT2D eigenvalue weighted by atomic mass is 16.4. The molecular formula is C10H15N5O3. The molecule has 0 aromatic carbocycles. The van der Waals surface area contributed by atoms with Crippen LogP contribution in [-0.2, 0) is 16.1 Å². The van der Waals surface area contributed by atoms with Gasteiger partial charge >= 0.3 is 5.97 Å². The number of carbonyl (C=O) groups is 2. The molecule has 2 rings (SSSR count). The fourth-order valence-corrected chi connectivity index (χ4v) is 2.46. The monoisotopic (exact) mass is 253 g/mol. The second-order valence-electron chi connectivity index (χ2n) is 4.35. The van der Waals surface area contributed by atoms with E-state index in [0.29, 0.717) is 25.8 Å². The summed E-state index contributed by atoms with van der Waals surface area (Å²) < 4.78 is 1.29. The zero-order valence-electron chi connectivity index (χ0n) is 10.1. The van der Waals surface area contributed by atoms with Gasteiger partial charge in [-0.15, -0.1) is 5.10 Å². The van der Waals surface area contributed by atoms with E-state index in [-0.39, 0.29) is 12.5 Å². The van der Waals surface area contributed by atoms with Crippen molar-refractivity contribution in [3.63, 3.8) is 0 Å². The van der Waals surface area contributed by atoms with Crippen LogP contribution >= 0.6 is 0 Å². The van der Waals surface area contributed by atoms with E-state index in [9.17, 15) is 14.7 Å². The van der Waals surface area contributed by atoms with Gasteiger partial charge in [-0.2, -0.15) is 0 Å². The fourth-order valence-electron chi connectivity index (χ4n) is 2.46. The number of hydrogen-bond donors (Lipinski definition) is 1. The van der Waals surface area contributed by atoms with Crippen molar-refractivity contribution >= 4 is 11.9 Å². The quantitative estimate of drug-likeness (QED) is 0.778. The number of rotatable bonds is 4. The summed E-state index contributed by atoms with van der Waals surface area (Å²) in [5, 5.41) is 19.9.